The lowest BCUT2D eigenvalue weighted by atomic mass is 10.1. The number of carbonyl (C=O) groups excluding carboxylic acids is 2. The van der Waals surface area contributed by atoms with Crippen LogP contribution in [0.15, 0.2) is 77.7 Å². The van der Waals surface area contributed by atoms with Crippen molar-refractivity contribution < 1.29 is 22.7 Å². The fourth-order valence-electron chi connectivity index (χ4n) is 4.07. The molecule has 39 heavy (non-hydrogen) atoms. The van der Waals surface area contributed by atoms with Gasteiger partial charge in [0.1, 0.15) is 18.3 Å². The quantitative estimate of drug-likeness (QED) is 0.314. The molecule has 208 valence electrons. The van der Waals surface area contributed by atoms with Crippen LogP contribution in [0.1, 0.15) is 25.8 Å². The van der Waals surface area contributed by atoms with E-state index in [9.17, 15) is 18.0 Å². The number of ether oxygens (including phenoxy) is 1. The standard InChI is InChI=1S/C28H31Cl2N3O5S/c1-4-26(28(35)31-5-2)32(18-20-11-13-24(38-3)14-12-20)27(34)19-33(23-16-21(29)15-22(30)17-23)39(36,37)25-9-7-6-8-10-25/h6-17,26H,4-5,18-19H2,1-3H3,(H,31,35)/t26-/m0/s1. The van der Waals surface area contributed by atoms with Crippen molar-refractivity contribution in [2.75, 3.05) is 24.5 Å². The number of halogens is 2. The lowest BCUT2D eigenvalue weighted by Crippen LogP contribution is -2.52. The van der Waals surface area contributed by atoms with E-state index in [-0.39, 0.29) is 33.1 Å². The van der Waals surface area contributed by atoms with Gasteiger partial charge >= 0.3 is 0 Å². The SMILES string of the molecule is CCNC(=O)[C@H](CC)N(Cc1ccc(OC)cc1)C(=O)CN(c1cc(Cl)cc(Cl)c1)S(=O)(=O)c1ccccc1. The third-order valence-corrected chi connectivity index (χ3v) is 8.22. The Bertz CT molecular complexity index is 1370. The molecule has 0 fully saturated rings. The second-order valence-electron chi connectivity index (χ2n) is 8.64. The molecule has 3 rings (SSSR count). The van der Waals surface area contributed by atoms with Gasteiger partial charge in [0.05, 0.1) is 17.7 Å². The molecule has 0 aliphatic heterocycles. The highest BCUT2D eigenvalue weighted by Crippen LogP contribution is 2.30. The first-order chi connectivity index (χ1) is 18.6. The Morgan fingerprint density at radius 2 is 1.56 bits per heavy atom. The van der Waals surface area contributed by atoms with Crippen LogP contribution in [-0.4, -0.2) is 51.4 Å². The summed E-state index contributed by atoms with van der Waals surface area (Å²) >= 11 is 12.4. The van der Waals surface area contributed by atoms with E-state index in [1.165, 1.54) is 35.2 Å². The van der Waals surface area contributed by atoms with Crippen LogP contribution in [0.5, 0.6) is 5.75 Å². The second kappa shape index (κ2) is 13.7. The summed E-state index contributed by atoms with van der Waals surface area (Å²) < 4.78 is 33.8. The molecule has 0 unspecified atom stereocenters. The highest BCUT2D eigenvalue weighted by Gasteiger charge is 2.33. The molecule has 8 nitrogen and oxygen atoms in total. The maximum absolute atomic E-state index is 14.0. The van der Waals surface area contributed by atoms with Crippen LogP contribution in [0.3, 0.4) is 0 Å². The number of nitrogens with one attached hydrogen (secondary N) is 1. The minimum absolute atomic E-state index is 0.00799. The van der Waals surface area contributed by atoms with E-state index in [0.717, 1.165) is 9.87 Å². The first kappa shape index (κ1) is 30.3. The summed E-state index contributed by atoms with van der Waals surface area (Å²) in [6.45, 7) is 3.46. The largest absolute Gasteiger partial charge is 0.497 e. The van der Waals surface area contributed by atoms with Crippen molar-refractivity contribution >= 4 is 50.7 Å². The van der Waals surface area contributed by atoms with Gasteiger partial charge in [-0.2, -0.15) is 0 Å². The van der Waals surface area contributed by atoms with Gasteiger partial charge in [-0.25, -0.2) is 8.42 Å². The highest BCUT2D eigenvalue weighted by molar-refractivity contribution is 7.92. The van der Waals surface area contributed by atoms with E-state index in [2.05, 4.69) is 5.32 Å². The molecule has 1 atom stereocenters. The fourth-order valence-corrected chi connectivity index (χ4v) is 6.00. The molecular weight excluding hydrogens is 561 g/mol. The molecule has 3 aromatic carbocycles. The summed E-state index contributed by atoms with van der Waals surface area (Å²) in [6, 6.07) is 18.4. The number of hydrogen-bond donors (Lipinski definition) is 1. The zero-order valence-electron chi connectivity index (χ0n) is 21.9. The zero-order valence-corrected chi connectivity index (χ0v) is 24.3. The number of carbonyl (C=O) groups is 2. The van der Waals surface area contributed by atoms with Crippen molar-refractivity contribution in [2.45, 2.75) is 37.8 Å². The Labute approximate surface area is 239 Å². The van der Waals surface area contributed by atoms with Crippen LogP contribution >= 0.6 is 23.2 Å². The first-order valence-electron chi connectivity index (χ1n) is 12.3. The summed E-state index contributed by atoms with van der Waals surface area (Å²) in [5, 5.41) is 3.19. The Balaban J connectivity index is 2.07. The van der Waals surface area contributed by atoms with Crippen molar-refractivity contribution in [1.29, 1.82) is 0 Å². The number of benzene rings is 3. The third kappa shape index (κ3) is 7.65. The number of anilines is 1. The molecule has 0 heterocycles. The Morgan fingerprint density at radius 3 is 2.10 bits per heavy atom. The number of amides is 2. The molecule has 1 N–H and O–H groups in total. The summed E-state index contributed by atoms with van der Waals surface area (Å²) in [7, 11) is -2.66. The molecule has 0 saturated carbocycles. The van der Waals surface area contributed by atoms with Crippen LogP contribution in [0, 0.1) is 0 Å². The van der Waals surface area contributed by atoms with Gasteiger partial charge in [-0.05, 0) is 61.4 Å². The van der Waals surface area contributed by atoms with E-state index in [1.54, 1.807) is 63.4 Å². The Hall–Kier alpha value is -3.27. The van der Waals surface area contributed by atoms with Crippen LogP contribution < -0.4 is 14.4 Å². The lowest BCUT2D eigenvalue weighted by Gasteiger charge is -2.33. The average Bonchev–Trinajstić information content (AvgIpc) is 2.91. The predicted octanol–water partition coefficient (Wildman–Crippen LogP) is 5.14. The van der Waals surface area contributed by atoms with Gasteiger partial charge in [-0.15, -0.1) is 0 Å². The molecule has 0 saturated heterocycles. The van der Waals surface area contributed by atoms with Gasteiger partial charge < -0.3 is 15.0 Å². The summed E-state index contributed by atoms with van der Waals surface area (Å²) in [5.41, 5.74) is 0.871. The number of sulfonamides is 1. The fraction of sp³-hybridized carbons (Fsp3) is 0.286. The molecular formula is C28H31Cl2N3O5S. The molecule has 0 bridgehead atoms. The van der Waals surface area contributed by atoms with E-state index in [4.69, 9.17) is 27.9 Å². The molecule has 3 aromatic rings. The number of hydrogen-bond acceptors (Lipinski definition) is 5. The minimum Gasteiger partial charge on any atom is -0.497 e. The average molecular weight is 593 g/mol. The maximum Gasteiger partial charge on any atom is 0.264 e. The molecule has 0 aromatic heterocycles. The van der Waals surface area contributed by atoms with Crippen molar-refractivity contribution in [3.05, 3.63) is 88.4 Å². The third-order valence-electron chi connectivity index (χ3n) is 5.99. The van der Waals surface area contributed by atoms with Gasteiger partial charge in [0.2, 0.25) is 11.8 Å². The highest BCUT2D eigenvalue weighted by atomic mass is 35.5. The Kier molecular flexibility index (Phi) is 10.6. The van der Waals surface area contributed by atoms with Crippen LogP contribution in [0.25, 0.3) is 0 Å². The molecule has 0 radical (unpaired) electrons. The van der Waals surface area contributed by atoms with E-state index >= 15 is 0 Å². The van der Waals surface area contributed by atoms with Gasteiger partial charge in [0.25, 0.3) is 10.0 Å². The smallest absolute Gasteiger partial charge is 0.264 e. The number of nitrogens with zero attached hydrogens (tertiary/aromatic N) is 2. The van der Waals surface area contributed by atoms with Gasteiger partial charge in [0.15, 0.2) is 0 Å². The Morgan fingerprint density at radius 1 is 0.949 bits per heavy atom. The maximum atomic E-state index is 14.0. The normalized spacial score (nSPS) is 11.9. The van der Waals surface area contributed by atoms with Gasteiger partial charge in [-0.3, -0.25) is 13.9 Å². The molecule has 2 amide bonds. The molecule has 0 aliphatic rings. The van der Waals surface area contributed by atoms with Gasteiger partial charge in [0, 0.05) is 23.1 Å². The van der Waals surface area contributed by atoms with Crippen molar-refractivity contribution in [1.82, 2.24) is 10.2 Å². The molecule has 11 heteroatoms. The van der Waals surface area contributed by atoms with Crippen LogP contribution in [0.2, 0.25) is 10.0 Å². The number of methoxy groups -OCH3 is 1. The lowest BCUT2D eigenvalue weighted by molar-refractivity contribution is -0.140. The summed E-state index contributed by atoms with van der Waals surface area (Å²) in [5.74, 6) is -0.255. The van der Waals surface area contributed by atoms with Gasteiger partial charge in [-0.1, -0.05) is 60.5 Å². The van der Waals surface area contributed by atoms with Crippen LogP contribution in [0.4, 0.5) is 5.69 Å². The second-order valence-corrected chi connectivity index (χ2v) is 11.4. The van der Waals surface area contributed by atoms with Crippen molar-refractivity contribution in [2.24, 2.45) is 0 Å². The number of rotatable bonds is 12. The van der Waals surface area contributed by atoms with E-state index in [0.29, 0.717) is 18.7 Å². The molecule has 0 aliphatic carbocycles. The van der Waals surface area contributed by atoms with Crippen molar-refractivity contribution in [3.8, 4) is 5.75 Å². The van der Waals surface area contributed by atoms with E-state index in [1.807, 2.05) is 0 Å². The first-order valence-corrected chi connectivity index (χ1v) is 14.5. The predicted molar refractivity (Wildman–Crippen MR) is 154 cm³/mol. The van der Waals surface area contributed by atoms with E-state index < -0.39 is 28.5 Å². The monoisotopic (exact) mass is 591 g/mol. The molecule has 0 spiro atoms. The van der Waals surface area contributed by atoms with Crippen LogP contribution in [-0.2, 0) is 26.2 Å². The topological polar surface area (TPSA) is 96.0 Å². The summed E-state index contributed by atoms with van der Waals surface area (Å²) in [4.78, 5) is 28.3. The summed E-state index contributed by atoms with van der Waals surface area (Å²) in [6.07, 6.45) is 0.322. The zero-order chi connectivity index (χ0) is 28.6. The number of likely N-dealkylation sites (N-methyl/N-ethyl adjacent to an activating group) is 1. The minimum atomic E-state index is -4.21. The van der Waals surface area contributed by atoms with Crippen molar-refractivity contribution in [3.63, 3.8) is 0 Å².